The Hall–Kier alpha value is -4.24. The van der Waals surface area contributed by atoms with Gasteiger partial charge in [0.25, 0.3) is 5.91 Å². The molecule has 8 nitrogen and oxygen atoms in total. The van der Waals surface area contributed by atoms with Crippen LogP contribution in [0.25, 0.3) is 0 Å². The highest BCUT2D eigenvalue weighted by Crippen LogP contribution is 2.29. The van der Waals surface area contributed by atoms with Gasteiger partial charge in [-0.25, -0.2) is 9.18 Å². The number of hydrogen-bond donors (Lipinski definition) is 3. The number of hydrogen-bond acceptors (Lipinski definition) is 5. The van der Waals surface area contributed by atoms with Crippen LogP contribution in [0.4, 0.5) is 21.5 Å². The van der Waals surface area contributed by atoms with Gasteiger partial charge in [0, 0.05) is 37.4 Å². The fraction of sp³-hybridized carbons (Fsp3) is 0.222. The van der Waals surface area contributed by atoms with E-state index in [2.05, 4.69) is 15.5 Å². The van der Waals surface area contributed by atoms with E-state index in [4.69, 9.17) is 0 Å². The maximum Gasteiger partial charge on any atom is 0.335 e. The monoisotopic (exact) mass is 490 g/mol. The van der Waals surface area contributed by atoms with Crippen molar-refractivity contribution < 1.29 is 23.9 Å². The van der Waals surface area contributed by atoms with Crippen LogP contribution in [0.5, 0.6) is 0 Å². The number of piperazine rings is 1. The van der Waals surface area contributed by atoms with E-state index in [0.717, 1.165) is 11.3 Å². The molecule has 0 radical (unpaired) electrons. The topological polar surface area (TPSA) is 102 Å². The third-order valence-electron chi connectivity index (χ3n) is 6.09. The van der Waals surface area contributed by atoms with Gasteiger partial charge in [-0.1, -0.05) is 18.2 Å². The number of nitrogens with zero attached hydrogens (tertiary/aromatic N) is 2. The lowest BCUT2D eigenvalue weighted by molar-refractivity contribution is -0.117. The van der Waals surface area contributed by atoms with E-state index >= 15 is 0 Å². The molecule has 4 rings (SSSR count). The lowest BCUT2D eigenvalue weighted by Crippen LogP contribution is -2.48. The van der Waals surface area contributed by atoms with Crippen molar-refractivity contribution in [2.75, 3.05) is 48.3 Å². The minimum atomic E-state index is -1.08. The van der Waals surface area contributed by atoms with Gasteiger partial charge >= 0.3 is 5.97 Å². The number of nitrogens with one attached hydrogen (secondary N) is 2. The quantitative estimate of drug-likeness (QED) is 0.465. The van der Waals surface area contributed by atoms with Crippen molar-refractivity contribution in [3.05, 3.63) is 89.2 Å². The largest absolute Gasteiger partial charge is 0.478 e. The Bertz CT molecular complexity index is 1270. The summed E-state index contributed by atoms with van der Waals surface area (Å²) in [7, 11) is 0. The van der Waals surface area contributed by atoms with Crippen LogP contribution >= 0.6 is 0 Å². The van der Waals surface area contributed by atoms with E-state index in [1.54, 1.807) is 18.2 Å². The molecule has 186 valence electrons. The summed E-state index contributed by atoms with van der Waals surface area (Å²) in [6, 6.07) is 17.5. The first kappa shape index (κ1) is 24.9. The highest BCUT2D eigenvalue weighted by atomic mass is 19.1. The molecule has 36 heavy (non-hydrogen) atoms. The molecule has 0 bridgehead atoms. The number of benzene rings is 3. The van der Waals surface area contributed by atoms with Crippen molar-refractivity contribution in [1.29, 1.82) is 0 Å². The fourth-order valence-corrected chi connectivity index (χ4v) is 4.15. The summed E-state index contributed by atoms with van der Waals surface area (Å²) in [5.41, 5.74) is 3.09. The molecule has 9 heteroatoms. The van der Waals surface area contributed by atoms with Gasteiger partial charge in [-0.3, -0.25) is 14.5 Å². The zero-order valence-electron chi connectivity index (χ0n) is 19.8. The Balaban J connectivity index is 1.42. The summed E-state index contributed by atoms with van der Waals surface area (Å²) in [6.07, 6.45) is 0. The van der Waals surface area contributed by atoms with Gasteiger partial charge in [-0.2, -0.15) is 0 Å². The average molecular weight is 491 g/mol. The third kappa shape index (κ3) is 6.05. The first-order valence-electron chi connectivity index (χ1n) is 11.6. The van der Waals surface area contributed by atoms with Crippen molar-refractivity contribution in [2.45, 2.75) is 6.92 Å². The number of carbonyl (C=O) groups excluding carboxylic acids is 2. The zero-order valence-corrected chi connectivity index (χ0v) is 19.8. The molecule has 1 aliphatic heterocycles. The first-order chi connectivity index (χ1) is 17.3. The smallest absolute Gasteiger partial charge is 0.335 e. The molecule has 2 amide bonds. The number of carboxylic acids is 1. The maximum absolute atomic E-state index is 13.1. The number of halogens is 1. The summed E-state index contributed by atoms with van der Waals surface area (Å²) in [6.45, 7) is 4.41. The molecule has 0 saturated carbocycles. The van der Waals surface area contributed by atoms with Crippen LogP contribution in [-0.4, -0.2) is 60.5 Å². The Kier molecular flexibility index (Phi) is 7.60. The van der Waals surface area contributed by atoms with Gasteiger partial charge in [-0.05, 0) is 61.0 Å². The Morgan fingerprint density at radius 2 is 1.61 bits per heavy atom. The van der Waals surface area contributed by atoms with Crippen LogP contribution < -0.4 is 15.5 Å². The standard InChI is InChI=1S/C27H27FN4O4/c1-18-4-2-3-5-22(18)26(34)30-23-16-19(27(35)36)6-11-24(23)32-14-12-31(13-15-32)17-25(33)29-21-9-7-20(28)8-10-21/h2-11,16H,12-15,17H2,1H3,(H,29,33)(H,30,34)(H,35,36). The summed E-state index contributed by atoms with van der Waals surface area (Å²) < 4.78 is 13.1. The molecule has 0 aliphatic carbocycles. The molecule has 1 heterocycles. The molecular weight excluding hydrogens is 463 g/mol. The van der Waals surface area contributed by atoms with Gasteiger partial charge in [0.2, 0.25) is 5.91 Å². The van der Waals surface area contributed by atoms with Crippen molar-refractivity contribution in [3.8, 4) is 0 Å². The number of aryl methyl sites for hydroxylation is 1. The van der Waals surface area contributed by atoms with Crippen LogP contribution in [0.2, 0.25) is 0 Å². The van der Waals surface area contributed by atoms with E-state index in [0.29, 0.717) is 43.1 Å². The SMILES string of the molecule is Cc1ccccc1C(=O)Nc1cc(C(=O)O)ccc1N1CCN(CC(=O)Nc2ccc(F)cc2)CC1. The maximum atomic E-state index is 13.1. The predicted molar refractivity (Wildman–Crippen MR) is 136 cm³/mol. The minimum Gasteiger partial charge on any atom is -0.478 e. The van der Waals surface area contributed by atoms with E-state index in [9.17, 15) is 23.9 Å². The van der Waals surface area contributed by atoms with Crippen molar-refractivity contribution in [3.63, 3.8) is 0 Å². The number of carbonyl (C=O) groups is 3. The molecule has 0 aromatic heterocycles. The van der Waals surface area contributed by atoms with Crippen LogP contribution in [0.15, 0.2) is 66.7 Å². The highest BCUT2D eigenvalue weighted by Gasteiger charge is 2.23. The van der Waals surface area contributed by atoms with E-state index in [1.165, 1.54) is 36.4 Å². The lowest BCUT2D eigenvalue weighted by Gasteiger charge is -2.36. The molecule has 0 atom stereocenters. The molecule has 1 fully saturated rings. The second-order valence-corrected chi connectivity index (χ2v) is 8.62. The molecule has 1 saturated heterocycles. The molecule has 3 aromatic rings. The molecule has 0 spiro atoms. The second kappa shape index (κ2) is 11.0. The van der Waals surface area contributed by atoms with Crippen molar-refractivity contribution in [2.24, 2.45) is 0 Å². The Morgan fingerprint density at radius 3 is 2.28 bits per heavy atom. The van der Waals surface area contributed by atoms with E-state index < -0.39 is 5.97 Å². The summed E-state index contributed by atoms with van der Waals surface area (Å²) >= 11 is 0. The number of rotatable bonds is 7. The average Bonchev–Trinajstić information content (AvgIpc) is 2.86. The van der Waals surface area contributed by atoms with Gasteiger partial charge in [0.05, 0.1) is 23.5 Å². The summed E-state index contributed by atoms with van der Waals surface area (Å²) in [5, 5.41) is 15.1. The third-order valence-corrected chi connectivity index (χ3v) is 6.09. The molecule has 3 aromatic carbocycles. The minimum absolute atomic E-state index is 0.0786. The van der Waals surface area contributed by atoms with E-state index in [1.807, 2.05) is 24.0 Å². The lowest BCUT2D eigenvalue weighted by atomic mass is 10.1. The van der Waals surface area contributed by atoms with E-state index in [-0.39, 0.29) is 29.7 Å². The van der Waals surface area contributed by atoms with Gasteiger partial charge < -0.3 is 20.6 Å². The summed E-state index contributed by atoms with van der Waals surface area (Å²) in [5.74, 6) is -1.94. The fourth-order valence-electron chi connectivity index (χ4n) is 4.15. The van der Waals surface area contributed by atoms with Crippen LogP contribution in [0.3, 0.4) is 0 Å². The Labute approximate surface area is 208 Å². The predicted octanol–water partition coefficient (Wildman–Crippen LogP) is 3.85. The van der Waals surface area contributed by atoms with Gasteiger partial charge in [0.15, 0.2) is 0 Å². The van der Waals surface area contributed by atoms with Gasteiger partial charge in [-0.15, -0.1) is 0 Å². The van der Waals surface area contributed by atoms with Crippen molar-refractivity contribution >= 4 is 34.8 Å². The normalized spacial score (nSPS) is 13.8. The van der Waals surface area contributed by atoms with Crippen molar-refractivity contribution in [1.82, 2.24) is 4.90 Å². The summed E-state index contributed by atoms with van der Waals surface area (Å²) in [4.78, 5) is 41.0. The Morgan fingerprint density at radius 1 is 0.917 bits per heavy atom. The number of aromatic carboxylic acids is 1. The van der Waals surface area contributed by atoms with Crippen LogP contribution in [0.1, 0.15) is 26.3 Å². The van der Waals surface area contributed by atoms with Crippen LogP contribution in [-0.2, 0) is 4.79 Å². The molecule has 1 aliphatic rings. The first-order valence-corrected chi connectivity index (χ1v) is 11.6. The second-order valence-electron chi connectivity index (χ2n) is 8.62. The number of amides is 2. The zero-order chi connectivity index (χ0) is 25.7. The van der Waals surface area contributed by atoms with Crippen LogP contribution in [0, 0.1) is 12.7 Å². The van der Waals surface area contributed by atoms with Gasteiger partial charge in [0.1, 0.15) is 5.82 Å². The number of anilines is 3. The number of carboxylic acid groups (broad SMARTS) is 1. The molecule has 0 unspecified atom stereocenters. The molecular formula is C27H27FN4O4. The highest BCUT2D eigenvalue weighted by molar-refractivity contribution is 6.07. The molecule has 3 N–H and O–H groups in total.